The van der Waals surface area contributed by atoms with Gasteiger partial charge in [0.25, 0.3) is 0 Å². The predicted octanol–water partition coefficient (Wildman–Crippen LogP) is 7.99. The van der Waals surface area contributed by atoms with E-state index in [1.165, 1.54) is 63.5 Å². The first-order valence-electron chi connectivity index (χ1n) is 11.3. The molecule has 0 aliphatic heterocycles. The molecule has 158 valence electrons. The highest BCUT2D eigenvalue weighted by Crippen LogP contribution is 2.43. The number of hydrogen-bond acceptors (Lipinski definition) is 1. The molecule has 0 radical (unpaired) electrons. The van der Waals surface area contributed by atoms with Crippen LogP contribution < -0.4 is 4.74 Å². The Hall–Kier alpha value is -1.19. The fourth-order valence-corrected chi connectivity index (χ4v) is 5.40. The Balaban J connectivity index is 1.36. The van der Waals surface area contributed by atoms with Crippen LogP contribution in [0.1, 0.15) is 84.0 Å². The lowest BCUT2D eigenvalue weighted by molar-refractivity contribution is -0.183. The second kappa shape index (κ2) is 10.0. The van der Waals surface area contributed by atoms with E-state index < -0.39 is 11.9 Å². The summed E-state index contributed by atoms with van der Waals surface area (Å²) >= 11 is 0. The first-order chi connectivity index (χ1) is 13.4. The van der Waals surface area contributed by atoms with E-state index in [9.17, 15) is 13.2 Å². The van der Waals surface area contributed by atoms with Gasteiger partial charge < -0.3 is 4.74 Å². The molecule has 2 aliphatic rings. The Kier molecular flexibility index (Phi) is 7.70. The van der Waals surface area contributed by atoms with Crippen molar-refractivity contribution in [2.75, 3.05) is 0 Å². The van der Waals surface area contributed by atoms with Crippen LogP contribution in [0.2, 0.25) is 0 Å². The van der Waals surface area contributed by atoms with Crippen molar-refractivity contribution in [2.45, 2.75) is 90.1 Å². The van der Waals surface area contributed by atoms with E-state index >= 15 is 0 Å². The Morgan fingerprint density at radius 1 is 0.821 bits per heavy atom. The Labute approximate surface area is 168 Å². The minimum atomic E-state index is -3.19. The van der Waals surface area contributed by atoms with Crippen molar-refractivity contribution in [2.24, 2.45) is 23.7 Å². The van der Waals surface area contributed by atoms with Crippen molar-refractivity contribution < 1.29 is 17.9 Å². The fraction of sp³-hybridized carbons (Fsp3) is 0.750. The standard InChI is InChI=1S/C24H35F3O/c1-2-3-18-4-8-20(9-5-18)21-10-6-19(7-11-21)16-17-24(26,27)28-23-14-12-22(25)13-15-23/h12-15,18-21H,2-11,16-17H2,1H3. The molecule has 4 heteroatoms. The topological polar surface area (TPSA) is 9.23 Å². The van der Waals surface area contributed by atoms with Gasteiger partial charge in [-0.25, -0.2) is 4.39 Å². The van der Waals surface area contributed by atoms with E-state index in [1.54, 1.807) is 0 Å². The Morgan fingerprint density at radius 2 is 1.32 bits per heavy atom. The maximum absolute atomic E-state index is 14.1. The van der Waals surface area contributed by atoms with Crippen molar-refractivity contribution in [1.82, 2.24) is 0 Å². The maximum atomic E-state index is 14.1. The zero-order valence-electron chi connectivity index (χ0n) is 17.1. The maximum Gasteiger partial charge on any atom is 0.397 e. The molecule has 0 bridgehead atoms. The highest BCUT2D eigenvalue weighted by atomic mass is 19.3. The number of hydrogen-bond donors (Lipinski definition) is 0. The molecule has 1 nitrogen and oxygen atoms in total. The normalized spacial score (nSPS) is 28.9. The molecule has 1 aromatic carbocycles. The first-order valence-corrected chi connectivity index (χ1v) is 11.3. The van der Waals surface area contributed by atoms with Gasteiger partial charge in [-0.3, -0.25) is 0 Å². The van der Waals surface area contributed by atoms with Gasteiger partial charge in [0.15, 0.2) is 0 Å². The molecule has 0 saturated heterocycles. The van der Waals surface area contributed by atoms with Gasteiger partial charge in [-0.05, 0) is 80.0 Å². The van der Waals surface area contributed by atoms with Crippen LogP contribution in [-0.4, -0.2) is 6.11 Å². The van der Waals surface area contributed by atoms with E-state index in [-0.39, 0.29) is 12.2 Å². The van der Waals surface area contributed by atoms with Gasteiger partial charge in [-0.2, -0.15) is 8.78 Å². The van der Waals surface area contributed by atoms with Gasteiger partial charge in [-0.1, -0.05) is 45.4 Å². The van der Waals surface area contributed by atoms with Crippen LogP contribution in [0.4, 0.5) is 13.2 Å². The van der Waals surface area contributed by atoms with Crippen LogP contribution >= 0.6 is 0 Å². The highest BCUT2D eigenvalue weighted by molar-refractivity contribution is 5.22. The molecule has 0 heterocycles. The van der Waals surface area contributed by atoms with Crippen molar-refractivity contribution in [3.05, 3.63) is 30.1 Å². The Bertz CT molecular complexity index is 570. The van der Waals surface area contributed by atoms with Crippen LogP contribution in [0.3, 0.4) is 0 Å². The summed E-state index contributed by atoms with van der Waals surface area (Å²) < 4.78 is 45.9. The molecule has 2 saturated carbocycles. The molecular weight excluding hydrogens is 361 g/mol. The third-order valence-corrected chi connectivity index (χ3v) is 7.07. The third-order valence-electron chi connectivity index (χ3n) is 7.07. The number of alkyl halides is 2. The SMILES string of the molecule is CCCC1CCC(C2CCC(CCC(F)(F)Oc3ccc(F)cc3)CC2)CC1. The van der Waals surface area contributed by atoms with Gasteiger partial charge in [0.05, 0.1) is 6.42 Å². The zero-order chi connectivity index (χ0) is 20.0. The second-order valence-electron chi connectivity index (χ2n) is 9.08. The van der Waals surface area contributed by atoms with E-state index in [2.05, 4.69) is 6.92 Å². The minimum Gasteiger partial charge on any atom is -0.433 e. The largest absolute Gasteiger partial charge is 0.433 e. The van der Waals surface area contributed by atoms with Gasteiger partial charge in [-0.15, -0.1) is 0 Å². The number of benzene rings is 1. The smallest absolute Gasteiger partial charge is 0.397 e. The molecular formula is C24H35F3O. The van der Waals surface area contributed by atoms with Crippen molar-refractivity contribution >= 4 is 0 Å². The van der Waals surface area contributed by atoms with Crippen LogP contribution in [0, 0.1) is 29.5 Å². The van der Waals surface area contributed by atoms with Gasteiger partial charge in [0, 0.05) is 0 Å². The first kappa shape index (κ1) is 21.5. The molecule has 0 atom stereocenters. The molecule has 0 spiro atoms. The van der Waals surface area contributed by atoms with Gasteiger partial charge in [0.1, 0.15) is 11.6 Å². The quantitative estimate of drug-likeness (QED) is 0.432. The van der Waals surface area contributed by atoms with Crippen LogP contribution in [0.5, 0.6) is 5.75 Å². The van der Waals surface area contributed by atoms with Crippen LogP contribution in [0.15, 0.2) is 24.3 Å². The minimum absolute atomic E-state index is 0.0220. The lowest BCUT2D eigenvalue weighted by Gasteiger charge is -2.38. The highest BCUT2D eigenvalue weighted by Gasteiger charge is 2.35. The summed E-state index contributed by atoms with van der Waals surface area (Å²) in [5, 5.41) is 0. The van der Waals surface area contributed by atoms with Crippen LogP contribution in [-0.2, 0) is 0 Å². The lowest BCUT2D eigenvalue weighted by atomic mass is 9.68. The fourth-order valence-electron chi connectivity index (χ4n) is 5.40. The van der Waals surface area contributed by atoms with Crippen LogP contribution in [0.25, 0.3) is 0 Å². The van der Waals surface area contributed by atoms with Gasteiger partial charge in [0.2, 0.25) is 0 Å². The second-order valence-corrected chi connectivity index (χ2v) is 9.08. The summed E-state index contributed by atoms with van der Waals surface area (Å²) in [4.78, 5) is 0. The van der Waals surface area contributed by atoms with E-state index in [0.717, 1.165) is 42.7 Å². The van der Waals surface area contributed by atoms with E-state index in [1.807, 2.05) is 0 Å². The van der Waals surface area contributed by atoms with Gasteiger partial charge >= 0.3 is 6.11 Å². The van der Waals surface area contributed by atoms with Crippen molar-refractivity contribution in [1.29, 1.82) is 0 Å². The summed E-state index contributed by atoms with van der Waals surface area (Å²) in [7, 11) is 0. The molecule has 0 unspecified atom stereocenters. The number of halogens is 3. The number of rotatable bonds is 8. The summed E-state index contributed by atoms with van der Waals surface area (Å²) in [6, 6.07) is 4.79. The number of ether oxygens (including phenoxy) is 1. The van der Waals surface area contributed by atoms with E-state index in [4.69, 9.17) is 4.74 Å². The molecule has 2 aliphatic carbocycles. The average molecular weight is 397 g/mol. The monoisotopic (exact) mass is 396 g/mol. The third kappa shape index (κ3) is 6.42. The molecule has 0 aromatic heterocycles. The summed E-state index contributed by atoms with van der Waals surface area (Å²) in [5.41, 5.74) is 0. The molecule has 3 rings (SSSR count). The molecule has 0 N–H and O–H groups in total. The molecule has 0 amide bonds. The summed E-state index contributed by atoms with van der Waals surface area (Å²) in [6.07, 6.45) is 9.85. The van der Waals surface area contributed by atoms with Crippen molar-refractivity contribution in [3.63, 3.8) is 0 Å². The molecule has 28 heavy (non-hydrogen) atoms. The predicted molar refractivity (Wildman–Crippen MR) is 107 cm³/mol. The lowest BCUT2D eigenvalue weighted by Crippen LogP contribution is -2.28. The van der Waals surface area contributed by atoms with Crippen molar-refractivity contribution in [3.8, 4) is 5.75 Å². The summed E-state index contributed by atoms with van der Waals surface area (Å²) in [5.74, 6) is 2.59. The molecule has 1 aromatic rings. The van der Waals surface area contributed by atoms with E-state index in [0.29, 0.717) is 12.3 Å². The summed E-state index contributed by atoms with van der Waals surface area (Å²) in [6.45, 7) is 2.28. The Morgan fingerprint density at radius 3 is 1.82 bits per heavy atom. The zero-order valence-corrected chi connectivity index (χ0v) is 17.1. The molecule has 2 fully saturated rings. The average Bonchev–Trinajstić information content (AvgIpc) is 2.69.